The van der Waals surface area contributed by atoms with Gasteiger partial charge in [0.1, 0.15) is 0 Å². The van der Waals surface area contributed by atoms with E-state index in [1.807, 2.05) is 0 Å². The largest absolute Gasteiger partial charge is 0.514 e. The van der Waals surface area contributed by atoms with Crippen molar-refractivity contribution >= 4 is 25.7 Å². The lowest BCUT2D eigenvalue weighted by molar-refractivity contribution is -0.110. The fourth-order valence-corrected chi connectivity index (χ4v) is 5.83. The molecule has 1 aliphatic rings. The third-order valence-electron chi connectivity index (χ3n) is 2.13. The van der Waals surface area contributed by atoms with Gasteiger partial charge >= 0.3 is 8.80 Å². The summed E-state index contributed by atoms with van der Waals surface area (Å²) in [5.74, 6) is 0. The Bertz CT molecular complexity index is 187. The van der Waals surface area contributed by atoms with E-state index in [-0.39, 0.29) is 9.99 Å². The number of carbonyl (C=O) groups excluding carboxylic acids is 1. The molecule has 0 amide bonds. The molecule has 1 rings (SSSR count). The quantitative estimate of drug-likeness (QED) is 0.659. The summed E-state index contributed by atoms with van der Waals surface area (Å²) in [6.45, 7) is 0. The summed E-state index contributed by atoms with van der Waals surface area (Å²) < 4.78 is 15.9. The van der Waals surface area contributed by atoms with Crippen LogP contribution in [0.4, 0.5) is 0 Å². The summed E-state index contributed by atoms with van der Waals surface area (Å²) in [6, 6.07) is 0. The molecule has 0 aromatic carbocycles. The van der Waals surface area contributed by atoms with Crippen molar-refractivity contribution < 1.29 is 18.1 Å². The molecule has 0 saturated carbocycles. The number of hydrogen-bond acceptors (Lipinski definition) is 5. The number of thioether (sulfide) groups is 1. The van der Waals surface area contributed by atoms with Crippen LogP contribution in [0.3, 0.4) is 0 Å². The molecule has 0 radical (unpaired) electrons. The molecule has 1 unspecified atom stereocenters. The number of carbonyl (C=O) groups is 1. The van der Waals surface area contributed by atoms with E-state index in [9.17, 15) is 4.79 Å². The van der Waals surface area contributed by atoms with Crippen LogP contribution in [0.25, 0.3) is 0 Å². The van der Waals surface area contributed by atoms with Crippen LogP contribution >= 0.6 is 11.8 Å². The second kappa shape index (κ2) is 4.56. The van der Waals surface area contributed by atoms with Gasteiger partial charge < -0.3 is 13.3 Å². The monoisotopic (exact) mass is 222 g/mol. The molecule has 0 aromatic heterocycles. The zero-order chi connectivity index (χ0) is 9.90. The molecule has 76 valence electrons. The van der Waals surface area contributed by atoms with Gasteiger partial charge in [0, 0.05) is 27.8 Å². The summed E-state index contributed by atoms with van der Waals surface area (Å²) in [7, 11) is 2.13. The van der Waals surface area contributed by atoms with Gasteiger partial charge in [0.25, 0.3) is 0 Å². The van der Waals surface area contributed by atoms with Crippen LogP contribution in [0.15, 0.2) is 0 Å². The van der Waals surface area contributed by atoms with Gasteiger partial charge in [0.05, 0.1) is 4.87 Å². The van der Waals surface area contributed by atoms with Crippen LogP contribution in [0, 0.1) is 0 Å². The highest BCUT2D eigenvalue weighted by Gasteiger charge is 2.51. The fourth-order valence-electron chi connectivity index (χ4n) is 1.42. The summed E-state index contributed by atoms with van der Waals surface area (Å²) in [4.78, 5) is 11.1. The average Bonchev–Trinajstić information content (AvgIpc) is 2.57. The third-order valence-corrected chi connectivity index (χ3v) is 7.12. The highest BCUT2D eigenvalue weighted by atomic mass is 32.2. The Balaban J connectivity index is 2.69. The summed E-state index contributed by atoms with van der Waals surface area (Å²) in [5.41, 5.74) is 0. The van der Waals surface area contributed by atoms with E-state index in [0.717, 1.165) is 6.42 Å². The first kappa shape index (κ1) is 11.2. The van der Waals surface area contributed by atoms with Crippen molar-refractivity contribution in [2.75, 3.05) is 21.3 Å². The molecule has 0 aliphatic carbocycles. The van der Waals surface area contributed by atoms with Gasteiger partial charge in [0.15, 0.2) is 5.12 Å². The van der Waals surface area contributed by atoms with Crippen LogP contribution in [0.1, 0.15) is 12.8 Å². The van der Waals surface area contributed by atoms with Crippen LogP contribution in [-0.4, -0.2) is 40.1 Å². The first-order valence-electron chi connectivity index (χ1n) is 4.03. The Morgan fingerprint density at radius 3 is 2.15 bits per heavy atom. The first-order chi connectivity index (χ1) is 6.18. The minimum absolute atomic E-state index is 0.0694. The maximum absolute atomic E-state index is 11.1. The Hall–Kier alpha value is 0.117. The minimum Gasteiger partial charge on any atom is -0.376 e. The van der Waals surface area contributed by atoms with E-state index in [1.54, 1.807) is 21.3 Å². The lowest BCUT2D eigenvalue weighted by Gasteiger charge is -2.28. The zero-order valence-electron chi connectivity index (χ0n) is 8.03. The molecule has 1 heterocycles. The molecule has 1 aliphatic heterocycles. The van der Waals surface area contributed by atoms with Crippen LogP contribution in [-0.2, 0) is 18.1 Å². The number of rotatable bonds is 4. The maximum Gasteiger partial charge on any atom is 0.514 e. The highest BCUT2D eigenvalue weighted by molar-refractivity contribution is 8.15. The van der Waals surface area contributed by atoms with Crippen molar-refractivity contribution in [2.24, 2.45) is 0 Å². The molecular formula is C7H14O4SSi. The van der Waals surface area contributed by atoms with Crippen LogP contribution in [0.2, 0.25) is 0 Å². The second-order valence-corrected chi connectivity index (χ2v) is 7.54. The standard InChI is InChI=1S/C7H14O4SSi/c1-9-13(10-2,11-3)7-5-4-6(8)12-7/h7H,4-5H2,1-3H3. The zero-order valence-corrected chi connectivity index (χ0v) is 9.85. The molecule has 1 fully saturated rings. The smallest absolute Gasteiger partial charge is 0.376 e. The molecular weight excluding hydrogens is 208 g/mol. The van der Waals surface area contributed by atoms with Crippen molar-refractivity contribution in [3.8, 4) is 0 Å². The van der Waals surface area contributed by atoms with Crippen molar-refractivity contribution in [3.63, 3.8) is 0 Å². The Morgan fingerprint density at radius 2 is 1.85 bits per heavy atom. The maximum atomic E-state index is 11.1. The van der Waals surface area contributed by atoms with Gasteiger partial charge in [-0.25, -0.2) is 0 Å². The Kier molecular flexibility index (Phi) is 3.93. The van der Waals surface area contributed by atoms with Crippen molar-refractivity contribution in [2.45, 2.75) is 17.7 Å². The normalized spacial score (nSPS) is 23.9. The van der Waals surface area contributed by atoms with Gasteiger partial charge in [0.2, 0.25) is 0 Å². The summed E-state index contributed by atoms with van der Waals surface area (Å²) in [6.07, 6.45) is 1.39. The second-order valence-electron chi connectivity index (χ2n) is 2.73. The topological polar surface area (TPSA) is 44.8 Å². The minimum atomic E-state index is -2.58. The predicted octanol–water partition coefficient (Wildman–Crippen LogP) is 0.826. The van der Waals surface area contributed by atoms with Crippen molar-refractivity contribution in [1.82, 2.24) is 0 Å². The average molecular weight is 222 g/mol. The molecule has 0 aromatic rings. The van der Waals surface area contributed by atoms with Gasteiger partial charge in [-0.05, 0) is 6.42 Å². The Labute approximate surface area is 83.3 Å². The fraction of sp³-hybridized carbons (Fsp3) is 0.857. The van der Waals surface area contributed by atoms with Gasteiger partial charge in [-0.1, -0.05) is 11.8 Å². The van der Waals surface area contributed by atoms with Crippen LogP contribution < -0.4 is 0 Å². The summed E-state index contributed by atoms with van der Waals surface area (Å²) >= 11 is 1.29. The predicted molar refractivity (Wildman–Crippen MR) is 52.4 cm³/mol. The van der Waals surface area contributed by atoms with E-state index in [4.69, 9.17) is 13.3 Å². The van der Waals surface area contributed by atoms with Gasteiger partial charge in [-0.15, -0.1) is 0 Å². The molecule has 0 spiro atoms. The lowest BCUT2D eigenvalue weighted by Crippen LogP contribution is -2.52. The highest BCUT2D eigenvalue weighted by Crippen LogP contribution is 2.35. The molecule has 6 heteroatoms. The van der Waals surface area contributed by atoms with Crippen LogP contribution in [0.5, 0.6) is 0 Å². The molecule has 4 nitrogen and oxygen atoms in total. The van der Waals surface area contributed by atoms with Gasteiger partial charge in [-0.2, -0.15) is 0 Å². The molecule has 0 N–H and O–H groups in total. The molecule has 1 atom stereocenters. The van der Waals surface area contributed by atoms with Crippen molar-refractivity contribution in [1.29, 1.82) is 0 Å². The molecule has 1 saturated heterocycles. The molecule has 13 heavy (non-hydrogen) atoms. The van der Waals surface area contributed by atoms with E-state index >= 15 is 0 Å². The van der Waals surface area contributed by atoms with E-state index < -0.39 is 8.80 Å². The van der Waals surface area contributed by atoms with E-state index in [2.05, 4.69) is 0 Å². The van der Waals surface area contributed by atoms with Crippen molar-refractivity contribution in [3.05, 3.63) is 0 Å². The lowest BCUT2D eigenvalue weighted by atomic mass is 10.4. The first-order valence-corrected chi connectivity index (χ1v) is 6.71. The van der Waals surface area contributed by atoms with E-state index in [0.29, 0.717) is 6.42 Å². The summed E-state index contributed by atoms with van der Waals surface area (Å²) in [5, 5.41) is 0.202. The SMILES string of the molecule is CO[Si](OC)(OC)C1CCC(=O)S1. The molecule has 0 bridgehead atoms. The third kappa shape index (κ3) is 2.13. The Morgan fingerprint density at radius 1 is 1.31 bits per heavy atom. The number of hydrogen-bond donors (Lipinski definition) is 0. The van der Waals surface area contributed by atoms with E-state index in [1.165, 1.54) is 11.8 Å². The van der Waals surface area contributed by atoms with Gasteiger partial charge in [-0.3, -0.25) is 4.79 Å².